The molecule has 168 valence electrons. The first-order valence-corrected chi connectivity index (χ1v) is 10.5. The van der Waals surface area contributed by atoms with E-state index in [4.69, 9.17) is 9.73 Å². The average Bonchev–Trinajstić information content (AvgIpc) is 3.12. The first kappa shape index (κ1) is 24.9. The molecule has 0 atom stereocenters. The van der Waals surface area contributed by atoms with Crippen molar-refractivity contribution in [1.29, 1.82) is 0 Å². The van der Waals surface area contributed by atoms with E-state index in [1.165, 1.54) is 0 Å². The minimum Gasteiger partial charge on any atom is -0.488 e. The lowest BCUT2D eigenvalue weighted by atomic mass is 10.1. The van der Waals surface area contributed by atoms with E-state index in [9.17, 15) is 0 Å². The minimum atomic E-state index is -0.242. The topological polar surface area (TPSA) is 75.8 Å². The number of aromatic nitrogens is 3. The molecule has 0 bridgehead atoms. The highest BCUT2D eigenvalue weighted by molar-refractivity contribution is 14.0. The van der Waals surface area contributed by atoms with Gasteiger partial charge >= 0.3 is 0 Å². The van der Waals surface area contributed by atoms with Crippen LogP contribution < -0.4 is 15.4 Å². The van der Waals surface area contributed by atoms with Crippen molar-refractivity contribution in [3.05, 3.63) is 60.0 Å². The Hall–Kier alpha value is -2.36. The Kier molecular flexibility index (Phi) is 9.54. The lowest BCUT2D eigenvalue weighted by Crippen LogP contribution is -2.37. The van der Waals surface area contributed by atoms with Crippen molar-refractivity contribution in [3.63, 3.8) is 0 Å². The van der Waals surface area contributed by atoms with Crippen molar-refractivity contribution < 1.29 is 4.74 Å². The van der Waals surface area contributed by atoms with E-state index in [0.29, 0.717) is 6.54 Å². The van der Waals surface area contributed by atoms with E-state index in [-0.39, 0.29) is 29.6 Å². The number of nitrogens with zero attached hydrogens (tertiary/aromatic N) is 4. The van der Waals surface area contributed by atoms with E-state index >= 15 is 0 Å². The Bertz CT molecular complexity index is 979. The fourth-order valence-corrected chi connectivity index (χ4v) is 3.08. The second kappa shape index (κ2) is 11.9. The van der Waals surface area contributed by atoms with Crippen molar-refractivity contribution in [2.75, 3.05) is 13.1 Å². The molecular weight excluding hydrogens is 503 g/mol. The van der Waals surface area contributed by atoms with E-state index in [2.05, 4.69) is 54.6 Å². The van der Waals surface area contributed by atoms with Crippen LogP contribution in [0.3, 0.4) is 0 Å². The molecule has 3 rings (SSSR count). The molecule has 0 fully saturated rings. The van der Waals surface area contributed by atoms with Crippen LogP contribution in [0.2, 0.25) is 0 Å². The van der Waals surface area contributed by atoms with E-state index in [1.54, 1.807) is 0 Å². The summed E-state index contributed by atoms with van der Waals surface area (Å²) in [5.41, 5.74) is 1.71. The molecule has 0 unspecified atom stereocenters. The third-order valence-electron chi connectivity index (χ3n) is 4.39. The molecular formula is C23H33IN6O. The van der Waals surface area contributed by atoms with Crippen LogP contribution in [0, 0.1) is 0 Å². The van der Waals surface area contributed by atoms with Gasteiger partial charge in [-0.2, -0.15) is 0 Å². The fraction of sp³-hybridized carbons (Fsp3) is 0.435. The molecule has 0 amide bonds. The summed E-state index contributed by atoms with van der Waals surface area (Å²) in [5.74, 6) is 2.65. The van der Waals surface area contributed by atoms with Crippen molar-refractivity contribution in [2.24, 2.45) is 4.99 Å². The summed E-state index contributed by atoms with van der Waals surface area (Å²) in [6.07, 6.45) is 3.78. The molecule has 1 aromatic carbocycles. The molecule has 3 aromatic rings. The lowest BCUT2D eigenvalue weighted by Gasteiger charge is -2.23. The molecule has 8 heteroatoms. The number of nitrogens with one attached hydrogen (secondary N) is 2. The minimum absolute atomic E-state index is 0. The number of pyridine rings is 1. The molecule has 0 saturated carbocycles. The van der Waals surface area contributed by atoms with Crippen molar-refractivity contribution in [1.82, 2.24) is 25.2 Å². The number of aryl methyl sites for hydroxylation is 1. The summed E-state index contributed by atoms with van der Waals surface area (Å²) < 4.78 is 8.11. The molecule has 2 aromatic heterocycles. The van der Waals surface area contributed by atoms with Crippen molar-refractivity contribution in [3.8, 4) is 5.75 Å². The number of benzene rings is 1. The zero-order valence-electron chi connectivity index (χ0n) is 18.8. The van der Waals surface area contributed by atoms with Gasteiger partial charge < -0.3 is 15.4 Å². The van der Waals surface area contributed by atoms with Crippen LogP contribution in [-0.2, 0) is 13.0 Å². The maximum absolute atomic E-state index is 6.07. The summed E-state index contributed by atoms with van der Waals surface area (Å²) in [4.78, 5) is 4.74. The van der Waals surface area contributed by atoms with Gasteiger partial charge in [-0.25, -0.2) is 4.99 Å². The number of hydrogen-bond acceptors (Lipinski definition) is 4. The average molecular weight is 536 g/mol. The Morgan fingerprint density at radius 2 is 1.84 bits per heavy atom. The first-order valence-electron chi connectivity index (χ1n) is 10.5. The molecule has 7 nitrogen and oxygen atoms in total. The number of para-hydroxylation sites is 1. The number of rotatable bonds is 8. The van der Waals surface area contributed by atoms with Gasteiger partial charge in [0.1, 0.15) is 17.2 Å². The van der Waals surface area contributed by atoms with E-state index in [0.717, 1.165) is 54.7 Å². The molecule has 0 radical (unpaired) electrons. The van der Waals surface area contributed by atoms with Gasteiger partial charge in [0.05, 0.1) is 6.54 Å². The third kappa shape index (κ3) is 7.68. The highest BCUT2D eigenvalue weighted by Crippen LogP contribution is 2.23. The Morgan fingerprint density at radius 1 is 1.06 bits per heavy atom. The van der Waals surface area contributed by atoms with Crippen LogP contribution in [0.5, 0.6) is 5.75 Å². The van der Waals surface area contributed by atoms with Gasteiger partial charge in [0.15, 0.2) is 11.6 Å². The van der Waals surface area contributed by atoms with Crippen LogP contribution >= 0.6 is 24.0 Å². The molecule has 0 aliphatic carbocycles. The maximum Gasteiger partial charge on any atom is 0.191 e. The fourth-order valence-electron chi connectivity index (χ4n) is 3.08. The van der Waals surface area contributed by atoms with E-state index < -0.39 is 0 Å². The molecule has 0 spiro atoms. The predicted molar refractivity (Wildman–Crippen MR) is 136 cm³/mol. The molecule has 0 saturated heterocycles. The van der Waals surface area contributed by atoms with Crippen LogP contribution in [0.25, 0.3) is 5.65 Å². The zero-order valence-corrected chi connectivity index (χ0v) is 21.1. The normalized spacial score (nSPS) is 11.8. The van der Waals surface area contributed by atoms with Crippen LogP contribution in [0.4, 0.5) is 0 Å². The van der Waals surface area contributed by atoms with Gasteiger partial charge in [-0.15, -0.1) is 34.2 Å². The van der Waals surface area contributed by atoms with E-state index in [1.807, 2.05) is 47.0 Å². The lowest BCUT2D eigenvalue weighted by molar-refractivity contribution is 0.129. The SMILES string of the molecule is CCNC(=NCc1ccccc1OC(C)(C)C)NCCCc1nnc2ccccn12.I. The highest BCUT2D eigenvalue weighted by Gasteiger charge is 2.14. The van der Waals surface area contributed by atoms with Crippen molar-refractivity contribution >= 4 is 35.6 Å². The van der Waals surface area contributed by atoms with Gasteiger partial charge in [-0.05, 0) is 52.3 Å². The Balaban J connectivity index is 0.00000341. The number of fused-ring (bicyclic) bond motifs is 1. The number of guanidine groups is 1. The Morgan fingerprint density at radius 3 is 2.61 bits per heavy atom. The molecule has 2 N–H and O–H groups in total. The third-order valence-corrected chi connectivity index (χ3v) is 4.39. The van der Waals surface area contributed by atoms with Crippen molar-refractivity contribution in [2.45, 2.75) is 52.7 Å². The van der Waals surface area contributed by atoms with Crippen LogP contribution in [0.1, 0.15) is 45.5 Å². The summed E-state index contributed by atoms with van der Waals surface area (Å²) in [6.45, 7) is 10.4. The first-order chi connectivity index (χ1) is 14.5. The van der Waals surface area contributed by atoms with Gasteiger partial charge in [0.2, 0.25) is 0 Å². The quantitative estimate of drug-likeness (QED) is 0.195. The monoisotopic (exact) mass is 536 g/mol. The van der Waals surface area contributed by atoms with Gasteiger partial charge in [0, 0.05) is 31.3 Å². The predicted octanol–water partition coefficient (Wildman–Crippen LogP) is 4.21. The summed E-state index contributed by atoms with van der Waals surface area (Å²) in [5, 5.41) is 15.2. The number of aliphatic imine (C=N–C) groups is 1. The molecule has 0 aliphatic heterocycles. The van der Waals surface area contributed by atoms with Crippen LogP contribution in [0.15, 0.2) is 53.7 Å². The number of halogens is 1. The number of hydrogen-bond donors (Lipinski definition) is 2. The van der Waals surface area contributed by atoms with Gasteiger partial charge in [0.25, 0.3) is 0 Å². The summed E-state index contributed by atoms with van der Waals surface area (Å²) in [7, 11) is 0. The second-order valence-electron chi connectivity index (χ2n) is 8.09. The summed E-state index contributed by atoms with van der Waals surface area (Å²) in [6, 6.07) is 14.0. The second-order valence-corrected chi connectivity index (χ2v) is 8.09. The van der Waals surface area contributed by atoms with Gasteiger partial charge in [-0.1, -0.05) is 24.3 Å². The molecule has 0 aliphatic rings. The standard InChI is InChI=1S/C23H32N6O.HI/c1-5-24-22(26-17-18-11-6-7-12-19(18)30-23(2,3)4)25-15-10-14-21-28-27-20-13-8-9-16-29(20)21;/h6-9,11-13,16H,5,10,14-15,17H2,1-4H3,(H2,24,25,26);1H. The Labute approximate surface area is 201 Å². The number of ether oxygens (including phenoxy) is 1. The van der Waals surface area contributed by atoms with Gasteiger partial charge in [-0.3, -0.25) is 4.40 Å². The smallest absolute Gasteiger partial charge is 0.191 e. The molecule has 31 heavy (non-hydrogen) atoms. The maximum atomic E-state index is 6.07. The summed E-state index contributed by atoms with van der Waals surface area (Å²) >= 11 is 0. The molecule has 2 heterocycles. The van der Waals surface area contributed by atoms with Crippen LogP contribution in [-0.4, -0.2) is 39.2 Å². The highest BCUT2D eigenvalue weighted by atomic mass is 127. The largest absolute Gasteiger partial charge is 0.488 e. The zero-order chi connectivity index (χ0) is 21.4.